The van der Waals surface area contributed by atoms with E-state index in [2.05, 4.69) is 10.0 Å². The fourth-order valence-electron chi connectivity index (χ4n) is 2.52. The van der Waals surface area contributed by atoms with Crippen LogP contribution in [0.1, 0.15) is 40.5 Å². The average Bonchev–Trinajstić information content (AvgIpc) is 2.89. The van der Waals surface area contributed by atoms with Gasteiger partial charge in [0.2, 0.25) is 0 Å². The Morgan fingerprint density at radius 3 is 2.64 bits per heavy atom. The van der Waals surface area contributed by atoms with E-state index < -0.39 is 42.1 Å². The first-order valence-corrected chi connectivity index (χ1v) is 8.07. The van der Waals surface area contributed by atoms with Crippen LogP contribution < -0.4 is 0 Å². The van der Waals surface area contributed by atoms with Gasteiger partial charge in [-0.1, -0.05) is 5.11 Å². The summed E-state index contributed by atoms with van der Waals surface area (Å²) in [4.78, 5) is 25.7. The van der Waals surface area contributed by atoms with Gasteiger partial charge >= 0.3 is 11.9 Å². The van der Waals surface area contributed by atoms with Crippen molar-refractivity contribution in [3.05, 3.63) is 10.4 Å². The monoisotopic (exact) mass is 359 g/mol. The first kappa shape index (κ1) is 21.2. The Bertz CT molecular complexity index is 519. The molecule has 1 saturated heterocycles. The SMILES string of the molecule is CCOC(=O)CC[C@@H](N=[N+]=[N-])[C@H](OC(C)=O)[C@@H](O)[C@H]1COC(C)(C)O1. The minimum Gasteiger partial charge on any atom is -0.466 e. The summed E-state index contributed by atoms with van der Waals surface area (Å²) in [5.74, 6) is -2.01. The summed E-state index contributed by atoms with van der Waals surface area (Å²) in [6.45, 7) is 6.54. The smallest absolute Gasteiger partial charge is 0.305 e. The van der Waals surface area contributed by atoms with Gasteiger partial charge < -0.3 is 24.1 Å². The summed E-state index contributed by atoms with van der Waals surface area (Å²) in [5, 5.41) is 14.2. The zero-order valence-corrected chi connectivity index (χ0v) is 14.9. The summed E-state index contributed by atoms with van der Waals surface area (Å²) >= 11 is 0. The molecular weight excluding hydrogens is 334 g/mol. The maximum atomic E-state index is 11.5. The van der Waals surface area contributed by atoms with Crippen molar-refractivity contribution >= 4 is 11.9 Å². The number of rotatable bonds is 9. The van der Waals surface area contributed by atoms with Crippen LogP contribution in [0.3, 0.4) is 0 Å². The van der Waals surface area contributed by atoms with E-state index in [0.717, 1.165) is 0 Å². The summed E-state index contributed by atoms with van der Waals surface area (Å²) in [5.41, 5.74) is 8.78. The third-order valence-electron chi connectivity index (χ3n) is 3.58. The van der Waals surface area contributed by atoms with E-state index in [4.69, 9.17) is 24.5 Å². The molecule has 0 aromatic carbocycles. The van der Waals surface area contributed by atoms with E-state index in [-0.39, 0.29) is 26.1 Å². The van der Waals surface area contributed by atoms with Crippen molar-refractivity contribution in [2.45, 2.75) is 70.7 Å². The Morgan fingerprint density at radius 2 is 2.16 bits per heavy atom. The molecule has 1 N–H and O–H groups in total. The van der Waals surface area contributed by atoms with Gasteiger partial charge in [-0.3, -0.25) is 9.59 Å². The average molecular weight is 359 g/mol. The molecule has 10 heteroatoms. The number of nitrogens with zero attached hydrogens (tertiary/aromatic N) is 3. The minimum absolute atomic E-state index is 0.0461. The lowest BCUT2D eigenvalue weighted by Gasteiger charge is -2.30. The number of carbonyl (C=O) groups is 2. The third kappa shape index (κ3) is 6.87. The molecule has 1 rings (SSSR count). The topological polar surface area (TPSA) is 140 Å². The zero-order valence-electron chi connectivity index (χ0n) is 14.9. The number of ether oxygens (including phenoxy) is 4. The first-order chi connectivity index (χ1) is 11.7. The number of carbonyl (C=O) groups excluding carboxylic acids is 2. The Kier molecular flexibility index (Phi) is 8.11. The number of aliphatic hydroxyl groups is 1. The highest BCUT2D eigenvalue weighted by atomic mass is 16.7. The Morgan fingerprint density at radius 1 is 1.48 bits per heavy atom. The highest BCUT2D eigenvalue weighted by Gasteiger charge is 2.43. The van der Waals surface area contributed by atoms with Crippen molar-refractivity contribution < 1.29 is 33.6 Å². The van der Waals surface area contributed by atoms with Crippen LogP contribution >= 0.6 is 0 Å². The predicted molar refractivity (Wildman–Crippen MR) is 85.3 cm³/mol. The number of hydrogen-bond acceptors (Lipinski definition) is 8. The summed E-state index contributed by atoms with van der Waals surface area (Å²) in [7, 11) is 0. The molecule has 1 aliphatic heterocycles. The number of hydrogen-bond donors (Lipinski definition) is 1. The Hall–Kier alpha value is -1.87. The molecule has 1 fully saturated rings. The summed E-state index contributed by atoms with van der Waals surface area (Å²) in [6.07, 6.45) is -3.23. The standard InChI is InChI=1S/C15H25N3O7/c1-5-22-12(20)7-6-10(17-18-16)14(24-9(2)19)13(21)11-8-23-15(3,4)25-11/h10-11,13-14,21H,5-8H2,1-4H3/t10-,11-,13+,14+/m1/s1. The molecule has 0 unspecified atom stereocenters. The highest BCUT2D eigenvalue weighted by Crippen LogP contribution is 2.28. The molecule has 25 heavy (non-hydrogen) atoms. The maximum Gasteiger partial charge on any atom is 0.305 e. The molecule has 0 aromatic rings. The van der Waals surface area contributed by atoms with E-state index in [1.54, 1.807) is 20.8 Å². The lowest BCUT2D eigenvalue weighted by molar-refractivity contribution is -0.175. The van der Waals surface area contributed by atoms with Gasteiger partial charge in [-0.25, -0.2) is 0 Å². The van der Waals surface area contributed by atoms with Gasteiger partial charge in [0, 0.05) is 18.3 Å². The molecule has 0 aliphatic carbocycles. The molecule has 1 heterocycles. The maximum absolute atomic E-state index is 11.5. The minimum atomic E-state index is -1.29. The number of azide groups is 1. The van der Waals surface area contributed by atoms with Gasteiger partial charge in [-0.2, -0.15) is 0 Å². The van der Waals surface area contributed by atoms with Crippen LogP contribution in [-0.4, -0.2) is 60.4 Å². The van der Waals surface area contributed by atoms with Crippen LogP contribution in [-0.2, 0) is 28.5 Å². The molecule has 0 bridgehead atoms. The van der Waals surface area contributed by atoms with Crippen LogP contribution in [0.15, 0.2) is 5.11 Å². The van der Waals surface area contributed by atoms with Gasteiger partial charge in [0.1, 0.15) is 18.3 Å². The molecule has 142 valence electrons. The molecule has 4 atom stereocenters. The quantitative estimate of drug-likeness (QED) is 0.284. The zero-order chi connectivity index (χ0) is 19.0. The second-order valence-electron chi connectivity index (χ2n) is 6.05. The molecule has 0 saturated carbocycles. The summed E-state index contributed by atoms with van der Waals surface area (Å²) in [6, 6.07) is -0.958. The van der Waals surface area contributed by atoms with Crippen LogP contribution in [0.2, 0.25) is 0 Å². The third-order valence-corrected chi connectivity index (χ3v) is 3.58. The van der Waals surface area contributed by atoms with Crippen molar-refractivity contribution in [2.24, 2.45) is 5.11 Å². The fourth-order valence-corrected chi connectivity index (χ4v) is 2.52. The Labute approximate surface area is 146 Å². The van der Waals surface area contributed by atoms with Gasteiger partial charge in [0.25, 0.3) is 0 Å². The van der Waals surface area contributed by atoms with Gasteiger partial charge in [0.15, 0.2) is 5.79 Å². The molecule has 0 radical (unpaired) electrons. The molecule has 0 aromatic heterocycles. The Balaban J connectivity index is 2.89. The second kappa shape index (κ2) is 9.57. The van der Waals surface area contributed by atoms with Crippen molar-refractivity contribution in [1.29, 1.82) is 0 Å². The van der Waals surface area contributed by atoms with Crippen LogP contribution in [0, 0.1) is 0 Å². The van der Waals surface area contributed by atoms with E-state index in [9.17, 15) is 14.7 Å². The normalized spacial score (nSPS) is 22.4. The first-order valence-electron chi connectivity index (χ1n) is 8.07. The number of esters is 2. The fraction of sp³-hybridized carbons (Fsp3) is 0.867. The van der Waals surface area contributed by atoms with Crippen molar-refractivity contribution in [3.8, 4) is 0 Å². The highest BCUT2D eigenvalue weighted by molar-refractivity contribution is 5.69. The van der Waals surface area contributed by atoms with E-state index in [1.807, 2.05) is 0 Å². The van der Waals surface area contributed by atoms with E-state index in [1.165, 1.54) is 6.92 Å². The summed E-state index contributed by atoms with van der Waals surface area (Å²) < 4.78 is 21.0. The van der Waals surface area contributed by atoms with Crippen LogP contribution in [0.5, 0.6) is 0 Å². The molecule has 0 spiro atoms. The molecule has 1 aliphatic rings. The lowest BCUT2D eigenvalue weighted by Crippen LogP contribution is -2.47. The largest absolute Gasteiger partial charge is 0.466 e. The van der Waals surface area contributed by atoms with Crippen LogP contribution in [0.4, 0.5) is 0 Å². The van der Waals surface area contributed by atoms with Crippen molar-refractivity contribution in [3.63, 3.8) is 0 Å². The molecule has 10 nitrogen and oxygen atoms in total. The second-order valence-corrected chi connectivity index (χ2v) is 6.05. The predicted octanol–water partition coefficient (Wildman–Crippen LogP) is 1.45. The van der Waals surface area contributed by atoms with Gasteiger partial charge in [-0.15, -0.1) is 0 Å². The molecule has 0 amide bonds. The van der Waals surface area contributed by atoms with Crippen molar-refractivity contribution in [2.75, 3.05) is 13.2 Å². The lowest BCUT2D eigenvalue weighted by atomic mass is 9.97. The van der Waals surface area contributed by atoms with Crippen LogP contribution in [0.25, 0.3) is 10.4 Å². The van der Waals surface area contributed by atoms with Gasteiger partial charge in [0.05, 0.1) is 19.3 Å². The van der Waals surface area contributed by atoms with Crippen molar-refractivity contribution in [1.82, 2.24) is 0 Å². The molecular formula is C15H25N3O7. The van der Waals surface area contributed by atoms with E-state index >= 15 is 0 Å². The van der Waals surface area contributed by atoms with Gasteiger partial charge in [-0.05, 0) is 32.7 Å². The van der Waals surface area contributed by atoms with E-state index in [0.29, 0.717) is 0 Å². The number of aliphatic hydroxyl groups excluding tert-OH is 1.